The van der Waals surface area contributed by atoms with E-state index in [-0.39, 0.29) is 6.54 Å². The lowest BCUT2D eigenvalue weighted by Crippen LogP contribution is -2.49. The van der Waals surface area contributed by atoms with Gasteiger partial charge in [-0.1, -0.05) is 60.7 Å². The van der Waals surface area contributed by atoms with Crippen LogP contribution in [0.4, 0.5) is 16.2 Å². The second-order valence-electron chi connectivity index (χ2n) is 7.35. The van der Waals surface area contributed by atoms with Gasteiger partial charge < -0.3 is 20.3 Å². The number of hydrogen-bond donors (Lipinski definition) is 2. The summed E-state index contributed by atoms with van der Waals surface area (Å²) in [7, 11) is 0. The molecule has 0 radical (unpaired) electrons. The normalized spacial score (nSPS) is 15.3. The lowest BCUT2D eigenvalue weighted by molar-refractivity contribution is -0.121. The van der Waals surface area contributed by atoms with E-state index < -0.39 is 18.1 Å². The van der Waals surface area contributed by atoms with Gasteiger partial charge in [0.15, 0.2) is 0 Å². The number of amides is 3. The number of aryl methyl sites for hydroxylation is 1. The van der Waals surface area contributed by atoms with Gasteiger partial charge in [0.05, 0.1) is 17.9 Å². The molecule has 0 saturated carbocycles. The van der Waals surface area contributed by atoms with Crippen LogP contribution in [0.5, 0.6) is 0 Å². The van der Waals surface area contributed by atoms with Crippen LogP contribution in [0.1, 0.15) is 16.7 Å². The number of carbonyl (C=O) groups is 3. The summed E-state index contributed by atoms with van der Waals surface area (Å²) in [5, 5.41) is 5.39. The Morgan fingerprint density at radius 2 is 1.78 bits per heavy atom. The van der Waals surface area contributed by atoms with E-state index in [4.69, 9.17) is 0 Å². The minimum absolute atomic E-state index is 0.148. The molecule has 0 aromatic heterocycles. The highest BCUT2D eigenvalue weighted by Crippen LogP contribution is 2.28. The number of fused-ring (bicyclic) bond motifs is 1. The fourth-order valence-electron chi connectivity index (χ4n) is 3.63. The predicted molar refractivity (Wildman–Crippen MR) is 124 cm³/mol. The molecule has 7 heteroatoms. The van der Waals surface area contributed by atoms with Crippen LogP contribution >= 0.6 is 0 Å². The highest BCUT2D eigenvalue weighted by atomic mass is 16.2. The van der Waals surface area contributed by atoms with Gasteiger partial charge in [0, 0.05) is 16.8 Å². The zero-order chi connectivity index (χ0) is 22.5. The molecular formula is C25H22N4O3. The summed E-state index contributed by atoms with van der Waals surface area (Å²) in [4.78, 5) is 43.4. The van der Waals surface area contributed by atoms with Crippen LogP contribution in [0.15, 0.2) is 83.9 Å². The number of aliphatic imine (C=N–C) groups is 1. The van der Waals surface area contributed by atoms with Gasteiger partial charge in [0.25, 0.3) is 5.91 Å². The molecule has 3 amide bonds. The molecular weight excluding hydrogens is 404 g/mol. The second-order valence-corrected chi connectivity index (χ2v) is 7.35. The van der Waals surface area contributed by atoms with Crippen molar-refractivity contribution in [3.8, 4) is 0 Å². The molecule has 0 aliphatic carbocycles. The van der Waals surface area contributed by atoms with Gasteiger partial charge in [-0.2, -0.15) is 0 Å². The van der Waals surface area contributed by atoms with Crippen LogP contribution in [-0.2, 0) is 9.59 Å². The zero-order valence-electron chi connectivity index (χ0n) is 17.5. The third-order valence-electron chi connectivity index (χ3n) is 5.06. The fourth-order valence-corrected chi connectivity index (χ4v) is 3.63. The van der Waals surface area contributed by atoms with Crippen molar-refractivity contribution in [3.63, 3.8) is 0 Å². The Kier molecular flexibility index (Phi) is 6.07. The van der Waals surface area contributed by atoms with Crippen LogP contribution in [0.25, 0.3) is 0 Å². The molecule has 3 aromatic rings. The smallest absolute Gasteiger partial charge is 0.308 e. The van der Waals surface area contributed by atoms with Crippen LogP contribution < -0.4 is 15.5 Å². The maximum absolute atomic E-state index is 13.3. The molecule has 1 unspecified atom stereocenters. The van der Waals surface area contributed by atoms with Crippen molar-refractivity contribution in [3.05, 3.63) is 95.6 Å². The quantitative estimate of drug-likeness (QED) is 0.612. The zero-order valence-corrected chi connectivity index (χ0v) is 17.5. The molecule has 1 atom stereocenters. The molecule has 0 bridgehead atoms. The number of urea groups is 1. The summed E-state index contributed by atoms with van der Waals surface area (Å²) in [6.07, 6.45) is -0.547. The molecule has 4 rings (SSSR count). The largest absolute Gasteiger partial charge is 0.321 e. The van der Waals surface area contributed by atoms with Crippen LogP contribution in [0.2, 0.25) is 0 Å². The number of anilines is 2. The number of nitrogens with one attached hydrogen (secondary N) is 2. The van der Waals surface area contributed by atoms with Gasteiger partial charge >= 0.3 is 6.03 Å². The Bertz CT molecular complexity index is 1190. The lowest BCUT2D eigenvalue weighted by atomic mass is 10.0. The van der Waals surface area contributed by atoms with E-state index in [0.29, 0.717) is 28.9 Å². The molecule has 3 aromatic carbocycles. The number of hydrogen-bond acceptors (Lipinski definition) is 4. The highest BCUT2D eigenvalue weighted by molar-refractivity contribution is 6.20. The van der Waals surface area contributed by atoms with E-state index in [1.807, 2.05) is 67.6 Å². The van der Waals surface area contributed by atoms with Gasteiger partial charge in [-0.3, -0.25) is 4.79 Å². The van der Waals surface area contributed by atoms with Crippen molar-refractivity contribution >= 4 is 35.3 Å². The van der Waals surface area contributed by atoms with E-state index in [2.05, 4.69) is 15.6 Å². The molecule has 2 N–H and O–H groups in total. The van der Waals surface area contributed by atoms with Crippen molar-refractivity contribution in [2.75, 3.05) is 16.8 Å². The van der Waals surface area contributed by atoms with Crippen molar-refractivity contribution in [2.24, 2.45) is 4.99 Å². The first-order chi connectivity index (χ1) is 15.6. The Labute approximate surface area is 185 Å². The summed E-state index contributed by atoms with van der Waals surface area (Å²) in [6.45, 7) is 1.77. The molecule has 160 valence electrons. The van der Waals surface area contributed by atoms with E-state index in [9.17, 15) is 14.4 Å². The number of benzodiazepines with no additional fused rings is 1. The van der Waals surface area contributed by atoms with Crippen LogP contribution in [0, 0.1) is 6.92 Å². The van der Waals surface area contributed by atoms with E-state index in [1.54, 1.807) is 18.2 Å². The molecule has 7 nitrogen and oxygen atoms in total. The average molecular weight is 426 g/mol. The summed E-state index contributed by atoms with van der Waals surface area (Å²) in [6, 6.07) is 23.4. The molecule has 32 heavy (non-hydrogen) atoms. The van der Waals surface area contributed by atoms with E-state index >= 15 is 0 Å². The maximum Gasteiger partial charge on any atom is 0.321 e. The number of para-hydroxylation sites is 1. The van der Waals surface area contributed by atoms with Gasteiger partial charge in [-0.15, -0.1) is 0 Å². The minimum Gasteiger partial charge on any atom is -0.308 e. The highest BCUT2D eigenvalue weighted by Gasteiger charge is 2.32. The Morgan fingerprint density at radius 3 is 2.53 bits per heavy atom. The number of carbonyl (C=O) groups excluding carboxylic acids is 3. The maximum atomic E-state index is 13.3. The lowest BCUT2D eigenvalue weighted by Gasteiger charge is -2.23. The number of nitrogens with zero attached hydrogens (tertiary/aromatic N) is 2. The van der Waals surface area contributed by atoms with Crippen LogP contribution in [-0.4, -0.2) is 36.6 Å². The van der Waals surface area contributed by atoms with Gasteiger partial charge in [-0.05, 0) is 30.7 Å². The number of rotatable bonds is 5. The Balaban J connectivity index is 1.73. The SMILES string of the molecule is Cc1cccc(NC(=O)NC2N=C(c3ccccc3)c3ccccc3N(CC=O)C2=O)c1. The van der Waals surface area contributed by atoms with E-state index in [0.717, 1.165) is 11.1 Å². The Morgan fingerprint density at radius 1 is 1.03 bits per heavy atom. The van der Waals surface area contributed by atoms with Gasteiger partial charge in [0.2, 0.25) is 6.17 Å². The molecule has 1 heterocycles. The topological polar surface area (TPSA) is 90.9 Å². The summed E-state index contributed by atoms with van der Waals surface area (Å²) < 4.78 is 0. The van der Waals surface area contributed by atoms with Crippen molar-refractivity contribution in [1.29, 1.82) is 0 Å². The first kappa shape index (κ1) is 21.0. The van der Waals surface area contributed by atoms with E-state index in [1.165, 1.54) is 4.90 Å². The van der Waals surface area contributed by atoms with Gasteiger partial charge in [-0.25, -0.2) is 9.79 Å². The second kappa shape index (κ2) is 9.26. The fraction of sp³-hybridized carbons (Fsp3) is 0.120. The minimum atomic E-state index is -1.21. The molecule has 1 aliphatic rings. The third-order valence-corrected chi connectivity index (χ3v) is 5.06. The van der Waals surface area contributed by atoms with Crippen molar-refractivity contribution in [2.45, 2.75) is 13.1 Å². The van der Waals surface area contributed by atoms with Gasteiger partial charge in [0.1, 0.15) is 6.29 Å². The van der Waals surface area contributed by atoms with Crippen molar-refractivity contribution in [1.82, 2.24) is 5.32 Å². The first-order valence-electron chi connectivity index (χ1n) is 10.2. The summed E-state index contributed by atoms with van der Waals surface area (Å²) in [5.74, 6) is -0.491. The summed E-state index contributed by atoms with van der Waals surface area (Å²) in [5.41, 5.74) is 4.22. The number of aldehydes is 1. The first-order valence-corrected chi connectivity index (χ1v) is 10.2. The average Bonchev–Trinajstić information content (AvgIpc) is 2.90. The molecule has 1 aliphatic heterocycles. The van der Waals surface area contributed by atoms with Crippen molar-refractivity contribution < 1.29 is 14.4 Å². The Hall–Kier alpha value is -4.26. The molecule has 0 fully saturated rings. The third kappa shape index (κ3) is 4.41. The molecule has 0 spiro atoms. The standard InChI is InChI=1S/C25H22N4O3/c1-17-8-7-11-19(16-17)26-25(32)28-23-24(31)29(14-15-30)21-13-6-5-12-20(21)22(27-23)18-9-3-2-4-10-18/h2-13,15-16,23H,14H2,1H3,(H2,26,28,32). The predicted octanol–water partition coefficient (Wildman–Crippen LogP) is 3.53. The summed E-state index contributed by atoms with van der Waals surface area (Å²) >= 11 is 0. The molecule has 0 saturated heterocycles. The number of benzene rings is 3. The monoisotopic (exact) mass is 426 g/mol. The van der Waals surface area contributed by atoms with Crippen LogP contribution in [0.3, 0.4) is 0 Å².